The second-order valence-electron chi connectivity index (χ2n) is 4.35. The molecule has 0 aliphatic rings. The Kier molecular flexibility index (Phi) is 5.65. The Labute approximate surface area is 108 Å². The Morgan fingerprint density at radius 1 is 1.50 bits per heavy atom. The molecular formula is C14H21NO3. The van der Waals surface area contributed by atoms with Crippen molar-refractivity contribution in [3.63, 3.8) is 0 Å². The van der Waals surface area contributed by atoms with Crippen LogP contribution < -0.4 is 10.1 Å². The molecule has 0 fully saturated rings. The van der Waals surface area contributed by atoms with Gasteiger partial charge in [-0.1, -0.05) is 0 Å². The molecule has 1 atom stereocenters. The molecule has 1 aromatic carbocycles. The Balaban J connectivity index is 2.59. The van der Waals surface area contributed by atoms with Crippen molar-refractivity contribution in [3.8, 4) is 5.75 Å². The Morgan fingerprint density at radius 2 is 2.22 bits per heavy atom. The minimum absolute atomic E-state index is 0.0804. The highest BCUT2D eigenvalue weighted by molar-refractivity contribution is 5.91. The molecule has 0 spiro atoms. The van der Waals surface area contributed by atoms with E-state index in [1.807, 2.05) is 32.0 Å². The zero-order valence-corrected chi connectivity index (χ0v) is 11.2. The molecule has 1 unspecified atom stereocenters. The number of anilines is 1. The van der Waals surface area contributed by atoms with Gasteiger partial charge in [-0.05, 0) is 51.0 Å². The monoisotopic (exact) mass is 251 g/mol. The highest BCUT2D eigenvalue weighted by Crippen LogP contribution is 2.21. The summed E-state index contributed by atoms with van der Waals surface area (Å²) in [7, 11) is 0. The Bertz CT molecular complexity index is 402. The predicted molar refractivity (Wildman–Crippen MR) is 71.9 cm³/mol. The third kappa shape index (κ3) is 4.75. The lowest BCUT2D eigenvalue weighted by Crippen LogP contribution is -2.14. The molecule has 0 bridgehead atoms. The first-order chi connectivity index (χ1) is 8.52. The normalized spacial score (nSPS) is 12.0. The van der Waals surface area contributed by atoms with Crippen molar-refractivity contribution >= 4 is 11.6 Å². The maximum Gasteiger partial charge on any atom is 0.224 e. The molecule has 0 saturated heterocycles. The van der Waals surface area contributed by atoms with Crippen LogP contribution in [-0.4, -0.2) is 23.7 Å². The van der Waals surface area contributed by atoms with Crippen molar-refractivity contribution in [1.29, 1.82) is 0 Å². The van der Waals surface area contributed by atoms with E-state index in [-0.39, 0.29) is 5.91 Å². The van der Waals surface area contributed by atoms with E-state index in [0.717, 1.165) is 17.0 Å². The third-order valence-electron chi connectivity index (χ3n) is 2.57. The molecule has 0 saturated carbocycles. The number of amides is 1. The summed E-state index contributed by atoms with van der Waals surface area (Å²) in [5, 5.41) is 12.0. The van der Waals surface area contributed by atoms with Crippen LogP contribution in [-0.2, 0) is 4.79 Å². The molecule has 1 rings (SSSR count). The van der Waals surface area contributed by atoms with Crippen molar-refractivity contribution < 1.29 is 14.6 Å². The smallest absolute Gasteiger partial charge is 0.224 e. The van der Waals surface area contributed by atoms with Crippen molar-refractivity contribution in [1.82, 2.24) is 0 Å². The second-order valence-corrected chi connectivity index (χ2v) is 4.35. The van der Waals surface area contributed by atoms with Gasteiger partial charge in [-0.2, -0.15) is 0 Å². The molecule has 0 aliphatic heterocycles. The third-order valence-corrected chi connectivity index (χ3v) is 2.57. The van der Waals surface area contributed by atoms with Gasteiger partial charge in [-0.3, -0.25) is 4.79 Å². The van der Waals surface area contributed by atoms with Crippen LogP contribution in [0.1, 0.15) is 32.3 Å². The van der Waals surface area contributed by atoms with Crippen LogP contribution in [0.2, 0.25) is 0 Å². The number of benzene rings is 1. The summed E-state index contributed by atoms with van der Waals surface area (Å²) in [5.41, 5.74) is 1.75. The molecule has 0 aliphatic carbocycles. The van der Waals surface area contributed by atoms with Crippen molar-refractivity contribution in [2.75, 3.05) is 11.9 Å². The topological polar surface area (TPSA) is 58.6 Å². The first-order valence-corrected chi connectivity index (χ1v) is 6.24. The van der Waals surface area contributed by atoms with Crippen LogP contribution >= 0.6 is 0 Å². The molecule has 4 nitrogen and oxygen atoms in total. The van der Waals surface area contributed by atoms with E-state index in [9.17, 15) is 4.79 Å². The number of nitrogens with one attached hydrogen (secondary N) is 1. The summed E-state index contributed by atoms with van der Waals surface area (Å²) in [5.74, 6) is 0.722. The summed E-state index contributed by atoms with van der Waals surface area (Å²) in [6, 6.07) is 5.56. The number of aryl methyl sites for hydroxylation is 1. The van der Waals surface area contributed by atoms with E-state index in [1.54, 1.807) is 6.92 Å². The SMILES string of the molecule is CCOc1ccc(NC(=O)CCC(C)O)c(C)c1. The number of aliphatic hydroxyl groups excluding tert-OH is 1. The highest BCUT2D eigenvalue weighted by atomic mass is 16.5. The molecule has 4 heteroatoms. The zero-order valence-electron chi connectivity index (χ0n) is 11.2. The maximum atomic E-state index is 11.6. The summed E-state index contributed by atoms with van der Waals surface area (Å²) in [6.45, 7) is 6.16. The van der Waals surface area contributed by atoms with Crippen LogP contribution in [0.3, 0.4) is 0 Å². The fraction of sp³-hybridized carbons (Fsp3) is 0.500. The standard InChI is InChI=1S/C14H21NO3/c1-4-18-12-6-7-13(10(2)9-12)15-14(17)8-5-11(3)16/h6-7,9,11,16H,4-5,8H2,1-3H3,(H,15,17). The van der Waals surface area contributed by atoms with Gasteiger partial charge in [0.1, 0.15) is 5.75 Å². The van der Waals surface area contributed by atoms with Crippen LogP contribution in [0.15, 0.2) is 18.2 Å². The number of ether oxygens (including phenoxy) is 1. The van der Waals surface area contributed by atoms with Crippen LogP contribution in [0.4, 0.5) is 5.69 Å². The Hall–Kier alpha value is -1.55. The molecule has 1 amide bonds. The quantitative estimate of drug-likeness (QED) is 0.816. The van der Waals surface area contributed by atoms with Gasteiger partial charge in [0.15, 0.2) is 0 Å². The first kappa shape index (κ1) is 14.5. The van der Waals surface area contributed by atoms with E-state index < -0.39 is 6.10 Å². The first-order valence-electron chi connectivity index (χ1n) is 6.24. The van der Waals surface area contributed by atoms with E-state index in [4.69, 9.17) is 9.84 Å². The van der Waals surface area contributed by atoms with Gasteiger partial charge in [0.2, 0.25) is 5.91 Å². The summed E-state index contributed by atoms with van der Waals surface area (Å²) >= 11 is 0. The zero-order chi connectivity index (χ0) is 13.5. The molecule has 2 N–H and O–H groups in total. The largest absolute Gasteiger partial charge is 0.494 e. The lowest BCUT2D eigenvalue weighted by molar-refractivity contribution is -0.116. The van der Waals surface area contributed by atoms with Gasteiger partial charge in [0.25, 0.3) is 0 Å². The molecule has 0 radical (unpaired) electrons. The van der Waals surface area contributed by atoms with Gasteiger partial charge in [-0.15, -0.1) is 0 Å². The van der Waals surface area contributed by atoms with Crippen molar-refractivity contribution in [2.45, 2.75) is 39.7 Å². The minimum Gasteiger partial charge on any atom is -0.494 e. The van der Waals surface area contributed by atoms with Crippen LogP contribution in [0.5, 0.6) is 5.75 Å². The molecule has 0 heterocycles. The molecule has 100 valence electrons. The second kappa shape index (κ2) is 7.01. The van der Waals surface area contributed by atoms with E-state index in [2.05, 4.69) is 5.32 Å². The van der Waals surface area contributed by atoms with Gasteiger partial charge in [0.05, 0.1) is 12.7 Å². The molecule has 1 aromatic rings. The average molecular weight is 251 g/mol. The van der Waals surface area contributed by atoms with Gasteiger partial charge in [-0.25, -0.2) is 0 Å². The van der Waals surface area contributed by atoms with Gasteiger partial charge >= 0.3 is 0 Å². The highest BCUT2D eigenvalue weighted by Gasteiger charge is 2.07. The van der Waals surface area contributed by atoms with Gasteiger partial charge < -0.3 is 15.2 Å². The van der Waals surface area contributed by atoms with Crippen molar-refractivity contribution in [3.05, 3.63) is 23.8 Å². The fourth-order valence-electron chi connectivity index (χ4n) is 1.59. The number of rotatable bonds is 6. The fourth-order valence-corrected chi connectivity index (χ4v) is 1.59. The van der Waals surface area contributed by atoms with E-state index in [1.165, 1.54) is 0 Å². The summed E-state index contributed by atoms with van der Waals surface area (Å²) in [6.07, 6.45) is 0.351. The Morgan fingerprint density at radius 3 is 2.78 bits per heavy atom. The van der Waals surface area contributed by atoms with Gasteiger partial charge in [0, 0.05) is 12.1 Å². The average Bonchev–Trinajstić information content (AvgIpc) is 2.30. The molecule has 18 heavy (non-hydrogen) atoms. The number of hydrogen-bond donors (Lipinski definition) is 2. The summed E-state index contributed by atoms with van der Waals surface area (Å²) in [4.78, 5) is 11.6. The summed E-state index contributed by atoms with van der Waals surface area (Å²) < 4.78 is 5.38. The predicted octanol–water partition coefficient (Wildman–Crippen LogP) is 2.49. The number of carbonyl (C=O) groups excluding carboxylic acids is 1. The number of hydrogen-bond acceptors (Lipinski definition) is 3. The van der Waals surface area contributed by atoms with Crippen LogP contribution in [0.25, 0.3) is 0 Å². The number of aliphatic hydroxyl groups is 1. The lowest BCUT2D eigenvalue weighted by atomic mass is 10.1. The van der Waals surface area contributed by atoms with Crippen molar-refractivity contribution in [2.24, 2.45) is 0 Å². The minimum atomic E-state index is -0.447. The lowest BCUT2D eigenvalue weighted by Gasteiger charge is -2.11. The van der Waals surface area contributed by atoms with Crippen LogP contribution in [0, 0.1) is 6.92 Å². The maximum absolute atomic E-state index is 11.6. The van der Waals surface area contributed by atoms with E-state index in [0.29, 0.717) is 19.4 Å². The number of carbonyl (C=O) groups is 1. The van der Waals surface area contributed by atoms with E-state index >= 15 is 0 Å². The molecule has 0 aromatic heterocycles. The molecular weight excluding hydrogens is 230 g/mol.